The molecule has 258 valence electrons. The van der Waals surface area contributed by atoms with Crippen molar-refractivity contribution in [2.24, 2.45) is 38.4 Å². The van der Waals surface area contributed by atoms with E-state index in [0.717, 1.165) is 37.5 Å². The largest absolute Gasteiger partial charge is 0.393 e. The van der Waals surface area contributed by atoms with E-state index in [9.17, 15) is 13.2 Å². The van der Waals surface area contributed by atoms with Crippen LogP contribution >= 0.6 is 0 Å². The summed E-state index contributed by atoms with van der Waals surface area (Å²) in [4.78, 5) is 0. The highest BCUT2D eigenvalue weighted by Gasteiger charge is 2.42. The van der Waals surface area contributed by atoms with Gasteiger partial charge in [0.1, 0.15) is 0 Å². The highest BCUT2D eigenvalue weighted by Crippen LogP contribution is 2.43. The van der Waals surface area contributed by atoms with E-state index in [-0.39, 0.29) is 7.43 Å². The third kappa shape index (κ3) is 73.6. The molecule has 0 aromatic heterocycles. The van der Waals surface area contributed by atoms with Crippen LogP contribution in [0.5, 0.6) is 0 Å². The summed E-state index contributed by atoms with van der Waals surface area (Å²) >= 11 is 0. The van der Waals surface area contributed by atoms with Crippen molar-refractivity contribution in [2.75, 3.05) is 0 Å². The second-order valence-corrected chi connectivity index (χ2v) is 19.0. The number of hydrogen-bond donors (Lipinski definition) is 0. The summed E-state index contributed by atoms with van der Waals surface area (Å²) in [6.45, 7) is 45.8. The summed E-state index contributed by atoms with van der Waals surface area (Å²) in [5.74, 6) is 0.833. The first-order chi connectivity index (χ1) is 17.0. The van der Waals surface area contributed by atoms with Gasteiger partial charge in [0, 0.05) is 0 Å². The zero-order chi connectivity index (χ0) is 34.0. The summed E-state index contributed by atoms with van der Waals surface area (Å²) in [7, 11) is 0. The van der Waals surface area contributed by atoms with Crippen molar-refractivity contribution in [3.05, 3.63) is 0 Å². The molecule has 0 unspecified atom stereocenters. The van der Waals surface area contributed by atoms with Crippen molar-refractivity contribution in [1.82, 2.24) is 0 Å². The molecule has 0 spiro atoms. The molecule has 2 saturated carbocycles. The minimum absolute atomic E-state index is 0. The Kier molecular flexibility index (Phi) is 29.0. The van der Waals surface area contributed by atoms with E-state index < -0.39 is 11.6 Å². The molecule has 3 heteroatoms. The topological polar surface area (TPSA) is 0 Å². The Morgan fingerprint density at radius 3 is 0.659 bits per heavy atom. The first-order valence-corrected chi connectivity index (χ1v) is 16.1. The summed E-state index contributed by atoms with van der Waals surface area (Å²) in [6, 6.07) is 0. The molecule has 0 aromatic carbocycles. The van der Waals surface area contributed by atoms with Crippen molar-refractivity contribution in [2.45, 2.75) is 211 Å². The molecular weight excluding hydrogens is 513 g/mol. The molecule has 2 aliphatic rings. The molecule has 0 amide bonds. The first kappa shape index (κ1) is 53.4. The van der Waals surface area contributed by atoms with Crippen LogP contribution in [0.15, 0.2) is 0 Å². The highest BCUT2D eigenvalue weighted by molar-refractivity contribution is 4.82. The molecule has 0 N–H and O–H groups in total. The Morgan fingerprint density at radius 2 is 0.659 bits per heavy atom. The number of hydrogen-bond acceptors (Lipinski definition) is 0. The second kappa shape index (κ2) is 22.3. The fraction of sp³-hybridized carbons (Fsp3) is 1.00. The van der Waals surface area contributed by atoms with Crippen LogP contribution in [0.4, 0.5) is 13.2 Å². The second-order valence-electron chi connectivity index (χ2n) is 19.0. The van der Waals surface area contributed by atoms with Crippen LogP contribution in [0.3, 0.4) is 0 Å². The summed E-state index contributed by atoms with van der Waals surface area (Å²) < 4.78 is 34.7. The average Bonchev–Trinajstić information content (AvgIpc) is 3.32. The van der Waals surface area contributed by atoms with Crippen molar-refractivity contribution >= 4 is 0 Å². The van der Waals surface area contributed by atoms with E-state index in [4.69, 9.17) is 0 Å². The van der Waals surface area contributed by atoms with Gasteiger partial charge < -0.3 is 0 Å². The molecule has 41 heavy (non-hydrogen) atoms. The van der Waals surface area contributed by atoms with Gasteiger partial charge in [0.15, 0.2) is 0 Å². The molecular formula is C38H85F3. The predicted molar refractivity (Wildman–Crippen MR) is 188 cm³/mol. The molecule has 0 heterocycles. The third-order valence-corrected chi connectivity index (χ3v) is 5.72. The van der Waals surface area contributed by atoms with E-state index in [1.807, 2.05) is 0 Å². The average molecular weight is 599 g/mol. The van der Waals surface area contributed by atoms with Crippen LogP contribution in [-0.2, 0) is 0 Å². The van der Waals surface area contributed by atoms with Gasteiger partial charge >= 0.3 is 6.18 Å². The Balaban J connectivity index is -0.0000000877. The third-order valence-electron chi connectivity index (χ3n) is 5.72. The molecule has 0 saturated heterocycles. The number of halogens is 3. The van der Waals surface area contributed by atoms with E-state index in [2.05, 4.69) is 132 Å². The molecule has 2 fully saturated rings. The van der Waals surface area contributed by atoms with Crippen molar-refractivity contribution < 1.29 is 13.2 Å². The molecule has 2 aliphatic carbocycles. The zero-order valence-corrected chi connectivity index (χ0v) is 32.2. The normalized spacial score (nSPS) is 16.5. The van der Waals surface area contributed by atoms with Gasteiger partial charge in [-0.1, -0.05) is 179 Å². The van der Waals surface area contributed by atoms with E-state index in [0.29, 0.717) is 16.2 Å². The van der Waals surface area contributed by atoms with Gasteiger partial charge in [-0.2, -0.15) is 13.2 Å². The van der Waals surface area contributed by atoms with Gasteiger partial charge in [0.2, 0.25) is 0 Å². The minimum atomic E-state index is -4.06. The quantitative estimate of drug-likeness (QED) is 0.296. The maximum absolute atomic E-state index is 11.6. The van der Waals surface area contributed by atoms with Gasteiger partial charge in [-0.25, -0.2) is 0 Å². The smallest absolute Gasteiger partial charge is 0.171 e. The summed E-state index contributed by atoms with van der Waals surface area (Å²) in [5, 5.41) is 0. The molecule has 0 bridgehead atoms. The van der Waals surface area contributed by atoms with E-state index in [1.54, 1.807) is 0 Å². The minimum Gasteiger partial charge on any atom is -0.171 e. The first-order valence-electron chi connectivity index (χ1n) is 16.1. The van der Waals surface area contributed by atoms with Crippen LogP contribution in [-0.4, -0.2) is 6.18 Å². The SMILES string of the molecule is C.CC(C)(C)C.CC(C)(C)C.CC(C)(C)C(F)(F)F.CC(C)C.CC1(C)CC1.CC1(C)CCC1.CCC(C)(C)CC. The van der Waals surface area contributed by atoms with Crippen molar-refractivity contribution in [3.63, 3.8) is 0 Å². The van der Waals surface area contributed by atoms with Gasteiger partial charge in [-0.15, -0.1) is 0 Å². The number of rotatable bonds is 2. The summed E-state index contributed by atoms with van der Waals surface area (Å²) in [5.41, 5.74) is 1.49. The van der Waals surface area contributed by atoms with Crippen LogP contribution in [0.1, 0.15) is 205 Å². The van der Waals surface area contributed by atoms with Crippen LogP contribution in [0.2, 0.25) is 0 Å². The monoisotopic (exact) mass is 599 g/mol. The molecule has 0 radical (unpaired) electrons. The lowest BCUT2D eigenvalue weighted by atomic mass is 9.72. The maximum Gasteiger partial charge on any atom is 0.393 e. The van der Waals surface area contributed by atoms with Crippen molar-refractivity contribution in [3.8, 4) is 0 Å². The highest BCUT2D eigenvalue weighted by atomic mass is 19.4. The predicted octanol–water partition coefficient (Wildman–Crippen LogP) is 15.8. The number of alkyl halides is 3. The van der Waals surface area contributed by atoms with Crippen LogP contribution in [0, 0.1) is 38.4 Å². The maximum atomic E-state index is 11.6. The molecule has 0 nitrogen and oxygen atoms in total. The van der Waals surface area contributed by atoms with Crippen LogP contribution in [0.25, 0.3) is 0 Å². The molecule has 0 atom stereocenters. The molecule has 0 aromatic rings. The Hall–Kier alpha value is -0.210. The lowest BCUT2D eigenvalue weighted by molar-refractivity contribution is -0.204. The lowest BCUT2D eigenvalue weighted by Crippen LogP contribution is -2.28. The van der Waals surface area contributed by atoms with Crippen LogP contribution < -0.4 is 0 Å². The van der Waals surface area contributed by atoms with Crippen molar-refractivity contribution in [1.29, 1.82) is 0 Å². The Labute approximate surface area is 262 Å². The van der Waals surface area contributed by atoms with E-state index in [1.165, 1.54) is 44.9 Å². The summed E-state index contributed by atoms with van der Waals surface area (Å²) in [6.07, 6.45) is 5.80. The van der Waals surface area contributed by atoms with E-state index >= 15 is 0 Å². The van der Waals surface area contributed by atoms with Gasteiger partial charge in [-0.05, 0) is 58.7 Å². The van der Waals surface area contributed by atoms with Gasteiger partial charge in [0.05, 0.1) is 5.41 Å². The fourth-order valence-corrected chi connectivity index (χ4v) is 1.38. The lowest BCUT2D eigenvalue weighted by Gasteiger charge is -2.33. The zero-order valence-electron chi connectivity index (χ0n) is 32.2. The van der Waals surface area contributed by atoms with Gasteiger partial charge in [0.25, 0.3) is 0 Å². The van der Waals surface area contributed by atoms with Gasteiger partial charge in [-0.3, -0.25) is 0 Å². The molecule has 0 aliphatic heterocycles. The Bertz CT molecular complexity index is 494. The molecule has 2 rings (SSSR count). The fourth-order valence-electron chi connectivity index (χ4n) is 1.38. The standard InChI is InChI=1S/C7H16.C6H12.C5H9F3.C5H10.2C5H12.C4H10.CH4/c1-5-7(3,4)6-2;1-6(2)4-3-5-6;1-4(2,3)5(6,7)8;1-5(2)3-4-5;2*1-5(2,3)4;1-4(2)3;/h5-6H2,1-4H3;3-5H2,1-2H3;1-3H3;3-4H2,1-2H3;2*1-4H3;4H,1-3H3;1H4. The Morgan fingerprint density at radius 1 is 0.537 bits per heavy atom.